The largest absolute Gasteiger partial charge is 0.391 e. The van der Waals surface area contributed by atoms with Crippen molar-refractivity contribution in [3.8, 4) is 17.1 Å². The number of aliphatic hydroxyl groups is 1. The summed E-state index contributed by atoms with van der Waals surface area (Å²) in [4.78, 5) is 4.54. The second-order valence-corrected chi connectivity index (χ2v) is 5.53. The molecule has 126 valence electrons. The molecule has 1 atom stereocenters. The first-order valence-electron chi connectivity index (χ1n) is 7.92. The van der Waals surface area contributed by atoms with Crippen molar-refractivity contribution >= 4 is 0 Å². The Kier molecular flexibility index (Phi) is 5.02. The summed E-state index contributed by atoms with van der Waals surface area (Å²) in [6.45, 7) is 2.69. The summed E-state index contributed by atoms with van der Waals surface area (Å²) in [6.07, 6.45) is 3.85. The Balaban J connectivity index is 1.92. The number of aromatic nitrogens is 5. The molecule has 7 heteroatoms. The Hall–Kier alpha value is -2.51. The molecule has 7 nitrogen and oxygen atoms in total. The van der Waals surface area contributed by atoms with Crippen molar-refractivity contribution in [1.82, 2.24) is 24.5 Å². The maximum atomic E-state index is 9.96. The van der Waals surface area contributed by atoms with Gasteiger partial charge in [-0.15, -0.1) is 0 Å². The Morgan fingerprint density at radius 1 is 1.25 bits per heavy atom. The SMILES string of the molecule is CC[C@@H](O)Cn1nc(COC)nc1-c1ccc(-n2cccn2)cc1. The van der Waals surface area contributed by atoms with Crippen LogP contribution < -0.4 is 0 Å². The first-order chi connectivity index (χ1) is 11.7. The van der Waals surface area contributed by atoms with Gasteiger partial charge in [0.2, 0.25) is 0 Å². The van der Waals surface area contributed by atoms with Gasteiger partial charge in [-0.25, -0.2) is 14.3 Å². The van der Waals surface area contributed by atoms with Gasteiger partial charge in [-0.05, 0) is 36.8 Å². The predicted octanol–water partition coefficient (Wildman–Crippen LogP) is 2.05. The monoisotopic (exact) mass is 327 g/mol. The fourth-order valence-corrected chi connectivity index (χ4v) is 2.43. The highest BCUT2D eigenvalue weighted by Gasteiger charge is 2.14. The molecule has 2 aromatic heterocycles. The Morgan fingerprint density at radius 2 is 2.04 bits per heavy atom. The van der Waals surface area contributed by atoms with Gasteiger partial charge in [0.25, 0.3) is 0 Å². The van der Waals surface area contributed by atoms with Gasteiger partial charge in [0, 0.05) is 25.1 Å². The third-order valence-electron chi connectivity index (χ3n) is 3.74. The lowest BCUT2D eigenvalue weighted by Gasteiger charge is -2.10. The Bertz CT molecular complexity index is 765. The van der Waals surface area contributed by atoms with Crippen molar-refractivity contribution in [3.05, 3.63) is 48.5 Å². The lowest BCUT2D eigenvalue weighted by molar-refractivity contribution is 0.144. The molecule has 3 aromatic rings. The summed E-state index contributed by atoms with van der Waals surface area (Å²) in [6, 6.07) is 9.80. The fourth-order valence-electron chi connectivity index (χ4n) is 2.43. The van der Waals surface area contributed by atoms with Crippen LogP contribution in [0.25, 0.3) is 17.1 Å². The molecule has 24 heavy (non-hydrogen) atoms. The van der Waals surface area contributed by atoms with Gasteiger partial charge in [0.1, 0.15) is 6.61 Å². The van der Waals surface area contributed by atoms with E-state index in [1.807, 2.05) is 43.5 Å². The number of methoxy groups -OCH3 is 1. The number of aliphatic hydroxyl groups excluding tert-OH is 1. The molecular formula is C17H21N5O2. The summed E-state index contributed by atoms with van der Waals surface area (Å²) in [7, 11) is 1.61. The zero-order valence-electron chi connectivity index (χ0n) is 13.8. The molecule has 0 aliphatic heterocycles. The molecule has 0 saturated carbocycles. The molecule has 0 fully saturated rings. The van der Waals surface area contributed by atoms with Crippen molar-refractivity contribution in [3.63, 3.8) is 0 Å². The number of hydrogen-bond donors (Lipinski definition) is 1. The molecule has 0 spiro atoms. The number of benzene rings is 1. The van der Waals surface area contributed by atoms with Gasteiger partial charge in [-0.1, -0.05) is 6.92 Å². The molecule has 0 saturated heterocycles. The minimum atomic E-state index is -0.454. The van der Waals surface area contributed by atoms with Crippen molar-refractivity contribution in [2.45, 2.75) is 32.6 Å². The topological polar surface area (TPSA) is 78.0 Å². The standard InChI is InChI=1S/C17H21N5O2/c1-3-15(23)11-22-17(19-16(20-22)12-24-2)13-5-7-14(8-6-13)21-10-4-9-18-21/h4-10,15,23H,3,11-12H2,1-2H3/t15-/m1/s1. The van der Waals surface area contributed by atoms with Crippen LogP contribution in [0, 0.1) is 0 Å². The Labute approximate surface area is 140 Å². The van der Waals surface area contributed by atoms with Crippen LogP contribution in [-0.4, -0.2) is 42.9 Å². The fraction of sp³-hybridized carbons (Fsp3) is 0.353. The molecule has 0 unspecified atom stereocenters. The molecular weight excluding hydrogens is 306 g/mol. The first-order valence-corrected chi connectivity index (χ1v) is 7.92. The summed E-state index contributed by atoms with van der Waals surface area (Å²) < 4.78 is 8.66. The number of hydrogen-bond acceptors (Lipinski definition) is 5. The first kappa shape index (κ1) is 16.4. The number of nitrogens with zero attached hydrogens (tertiary/aromatic N) is 5. The van der Waals surface area contributed by atoms with E-state index in [1.54, 1.807) is 22.7 Å². The number of ether oxygens (including phenoxy) is 1. The van der Waals surface area contributed by atoms with Gasteiger partial charge < -0.3 is 9.84 Å². The summed E-state index contributed by atoms with van der Waals surface area (Å²) in [5, 5.41) is 18.6. The van der Waals surface area contributed by atoms with Crippen LogP contribution in [0.1, 0.15) is 19.2 Å². The van der Waals surface area contributed by atoms with Gasteiger partial charge in [-0.3, -0.25) is 0 Å². The second-order valence-electron chi connectivity index (χ2n) is 5.53. The van der Waals surface area contributed by atoms with E-state index in [0.717, 1.165) is 17.1 Å². The van der Waals surface area contributed by atoms with E-state index in [4.69, 9.17) is 4.74 Å². The van der Waals surface area contributed by atoms with Crippen molar-refractivity contribution in [2.24, 2.45) is 0 Å². The van der Waals surface area contributed by atoms with Gasteiger partial charge in [-0.2, -0.15) is 10.2 Å². The Morgan fingerprint density at radius 3 is 2.67 bits per heavy atom. The highest BCUT2D eigenvalue weighted by atomic mass is 16.5. The van der Waals surface area contributed by atoms with Crippen LogP contribution in [0.5, 0.6) is 0 Å². The van der Waals surface area contributed by atoms with Gasteiger partial charge in [0.05, 0.1) is 18.3 Å². The molecule has 0 aliphatic rings. The number of rotatable bonds is 7. The van der Waals surface area contributed by atoms with Crippen LogP contribution in [0.4, 0.5) is 0 Å². The van der Waals surface area contributed by atoms with Gasteiger partial charge in [0.15, 0.2) is 11.6 Å². The molecule has 0 aliphatic carbocycles. The predicted molar refractivity (Wildman–Crippen MR) is 89.6 cm³/mol. The van der Waals surface area contributed by atoms with Crippen molar-refractivity contribution < 1.29 is 9.84 Å². The highest BCUT2D eigenvalue weighted by Crippen LogP contribution is 2.20. The maximum absolute atomic E-state index is 9.96. The summed E-state index contributed by atoms with van der Waals surface area (Å²) >= 11 is 0. The van der Waals surface area contributed by atoms with Crippen LogP contribution in [0.2, 0.25) is 0 Å². The third kappa shape index (κ3) is 3.52. The van der Waals surface area contributed by atoms with E-state index < -0.39 is 6.10 Å². The lowest BCUT2D eigenvalue weighted by Crippen LogP contribution is -2.17. The van der Waals surface area contributed by atoms with E-state index in [9.17, 15) is 5.11 Å². The highest BCUT2D eigenvalue weighted by molar-refractivity contribution is 5.57. The summed E-state index contributed by atoms with van der Waals surface area (Å²) in [5.74, 6) is 1.33. The van der Waals surface area contributed by atoms with Crippen molar-refractivity contribution in [2.75, 3.05) is 7.11 Å². The van der Waals surface area contributed by atoms with Crippen LogP contribution in [0.15, 0.2) is 42.7 Å². The molecule has 1 N–H and O–H groups in total. The normalized spacial score (nSPS) is 12.5. The molecule has 0 radical (unpaired) electrons. The molecule has 0 amide bonds. The molecule has 2 heterocycles. The maximum Gasteiger partial charge on any atom is 0.176 e. The molecule has 3 rings (SSSR count). The van der Waals surface area contributed by atoms with E-state index in [1.165, 1.54) is 0 Å². The minimum Gasteiger partial charge on any atom is -0.391 e. The van der Waals surface area contributed by atoms with E-state index >= 15 is 0 Å². The smallest absolute Gasteiger partial charge is 0.176 e. The molecule has 1 aromatic carbocycles. The van der Waals surface area contributed by atoms with E-state index in [-0.39, 0.29) is 0 Å². The zero-order valence-corrected chi connectivity index (χ0v) is 13.8. The molecule has 0 bridgehead atoms. The van der Waals surface area contributed by atoms with E-state index in [2.05, 4.69) is 15.2 Å². The lowest BCUT2D eigenvalue weighted by atomic mass is 10.2. The third-order valence-corrected chi connectivity index (χ3v) is 3.74. The minimum absolute atomic E-state index is 0.341. The second kappa shape index (κ2) is 7.37. The average Bonchev–Trinajstić information content (AvgIpc) is 3.25. The van der Waals surface area contributed by atoms with Crippen molar-refractivity contribution in [1.29, 1.82) is 0 Å². The van der Waals surface area contributed by atoms with Crippen LogP contribution in [-0.2, 0) is 17.9 Å². The van der Waals surface area contributed by atoms with E-state index in [0.29, 0.717) is 25.4 Å². The average molecular weight is 327 g/mol. The quantitative estimate of drug-likeness (QED) is 0.718. The van der Waals surface area contributed by atoms with Crippen LogP contribution >= 0.6 is 0 Å². The summed E-state index contributed by atoms with van der Waals surface area (Å²) in [5.41, 5.74) is 1.91. The van der Waals surface area contributed by atoms with Gasteiger partial charge >= 0.3 is 0 Å². The zero-order chi connectivity index (χ0) is 16.9. The van der Waals surface area contributed by atoms with Crippen LogP contribution in [0.3, 0.4) is 0 Å².